The van der Waals surface area contributed by atoms with E-state index >= 15 is 0 Å². The van der Waals surface area contributed by atoms with Crippen molar-refractivity contribution >= 4 is 39.0 Å². The zero-order chi connectivity index (χ0) is 14.6. The standard InChI is InChI=1S/C14H19BrN2OS/c1-4-14(5-2,13(16)19)17-12(18)10-7-6-9(3)11(15)8-10/h6-8H,4-5H2,1-3H3,(H2,16,19)(H,17,18). The quantitative estimate of drug-likeness (QED) is 0.807. The van der Waals surface area contributed by atoms with Crippen molar-refractivity contribution in [2.75, 3.05) is 0 Å². The number of halogens is 1. The van der Waals surface area contributed by atoms with E-state index in [-0.39, 0.29) is 5.91 Å². The van der Waals surface area contributed by atoms with Crippen LogP contribution in [0.2, 0.25) is 0 Å². The lowest BCUT2D eigenvalue weighted by Crippen LogP contribution is -2.55. The summed E-state index contributed by atoms with van der Waals surface area (Å²) in [5.41, 5.74) is 6.86. The van der Waals surface area contributed by atoms with Crippen molar-refractivity contribution in [1.82, 2.24) is 5.32 Å². The van der Waals surface area contributed by atoms with Crippen molar-refractivity contribution in [3.05, 3.63) is 33.8 Å². The third-order valence-corrected chi connectivity index (χ3v) is 4.71. The minimum absolute atomic E-state index is 0.155. The highest BCUT2D eigenvalue weighted by molar-refractivity contribution is 9.10. The zero-order valence-electron chi connectivity index (χ0n) is 11.4. The zero-order valence-corrected chi connectivity index (χ0v) is 13.8. The van der Waals surface area contributed by atoms with Gasteiger partial charge in [0.25, 0.3) is 5.91 Å². The Kier molecular flexibility index (Phi) is 5.50. The molecule has 0 heterocycles. The maximum Gasteiger partial charge on any atom is 0.252 e. The highest BCUT2D eigenvalue weighted by Crippen LogP contribution is 2.20. The van der Waals surface area contributed by atoms with Gasteiger partial charge in [-0.1, -0.05) is 48.1 Å². The fourth-order valence-corrected chi connectivity index (χ4v) is 2.58. The molecular formula is C14H19BrN2OS. The Morgan fingerprint density at radius 2 is 2.00 bits per heavy atom. The van der Waals surface area contributed by atoms with Crippen molar-refractivity contribution < 1.29 is 4.79 Å². The predicted molar refractivity (Wildman–Crippen MR) is 86.4 cm³/mol. The van der Waals surface area contributed by atoms with E-state index in [1.165, 1.54) is 0 Å². The lowest BCUT2D eigenvalue weighted by molar-refractivity contribution is 0.0920. The largest absolute Gasteiger partial charge is 0.391 e. The van der Waals surface area contributed by atoms with Gasteiger partial charge in [0.05, 0.1) is 10.5 Å². The average molecular weight is 343 g/mol. The topological polar surface area (TPSA) is 55.1 Å². The van der Waals surface area contributed by atoms with Crippen LogP contribution in [0, 0.1) is 6.92 Å². The molecule has 0 bridgehead atoms. The second-order valence-electron chi connectivity index (χ2n) is 4.57. The summed E-state index contributed by atoms with van der Waals surface area (Å²) in [7, 11) is 0. The van der Waals surface area contributed by atoms with Gasteiger partial charge >= 0.3 is 0 Å². The SMILES string of the molecule is CCC(CC)(NC(=O)c1ccc(C)c(Br)c1)C(N)=S. The molecule has 3 nitrogen and oxygen atoms in total. The monoisotopic (exact) mass is 342 g/mol. The molecule has 0 aliphatic rings. The Bertz CT molecular complexity index is 498. The average Bonchev–Trinajstić information content (AvgIpc) is 2.38. The summed E-state index contributed by atoms with van der Waals surface area (Å²) in [6.45, 7) is 5.91. The number of amides is 1. The van der Waals surface area contributed by atoms with Crippen LogP contribution in [0.3, 0.4) is 0 Å². The van der Waals surface area contributed by atoms with Crippen molar-refractivity contribution in [1.29, 1.82) is 0 Å². The first-order valence-electron chi connectivity index (χ1n) is 6.25. The molecule has 1 aromatic rings. The lowest BCUT2D eigenvalue weighted by atomic mass is 9.92. The van der Waals surface area contributed by atoms with Crippen LogP contribution in [0.5, 0.6) is 0 Å². The summed E-state index contributed by atoms with van der Waals surface area (Å²) in [5.74, 6) is -0.155. The molecule has 0 radical (unpaired) electrons. The lowest BCUT2D eigenvalue weighted by Gasteiger charge is -2.31. The van der Waals surface area contributed by atoms with E-state index in [4.69, 9.17) is 18.0 Å². The van der Waals surface area contributed by atoms with Gasteiger partial charge < -0.3 is 11.1 Å². The second-order valence-corrected chi connectivity index (χ2v) is 5.87. The first-order valence-corrected chi connectivity index (χ1v) is 7.45. The van der Waals surface area contributed by atoms with Crippen LogP contribution in [0.15, 0.2) is 22.7 Å². The molecule has 5 heteroatoms. The highest BCUT2D eigenvalue weighted by Gasteiger charge is 2.31. The van der Waals surface area contributed by atoms with Crippen molar-refractivity contribution in [3.8, 4) is 0 Å². The number of carbonyl (C=O) groups excluding carboxylic acids is 1. The summed E-state index contributed by atoms with van der Waals surface area (Å²) >= 11 is 8.52. The molecule has 1 aromatic carbocycles. The van der Waals surface area contributed by atoms with E-state index in [1.54, 1.807) is 12.1 Å². The molecule has 0 aliphatic heterocycles. The minimum atomic E-state index is -0.607. The summed E-state index contributed by atoms with van der Waals surface area (Å²) in [5, 5.41) is 2.97. The van der Waals surface area contributed by atoms with E-state index in [1.807, 2.05) is 26.8 Å². The molecule has 3 N–H and O–H groups in total. The van der Waals surface area contributed by atoms with Crippen molar-refractivity contribution in [3.63, 3.8) is 0 Å². The molecular weight excluding hydrogens is 324 g/mol. The van der Waals surface area contributed by atoms with Crippen LogP contribution in [0.4, 0.5) is 0 Å². The number of nitrogens with one attached hydrogen (secondary N) is 1. The third kappa shape index (κ3) is 3.54. The third-order valence-electron chi connectivity index (χ3n) is 3.47. The van der Waals surface area contributed by atoms with Gasteiger partial charge in [-0.25, -0.2) is 0 Å². The summed E-state index contributed by atoms with van der Waals surface area (Å²) < 4.78 is 0.911. The number of thiocarbonyl (C=S) groups is 1. The Morgan fingerprint density at radius 3 is 2.42 bits per heavy atom. The van der Waals surface area contributed by atoms with Crippen LogP contribution in [-0.4, -0.2) is 16.4 Å². The summed E-state index contributed by atoms with van der Waals surface area (Å²) in [6, 6.07) is 5.50. The first kappa shape index (κ1) is 16.1. The van der Waals surface area contributed by atoms with Crippen LogP contribution >= 0.6 is 28.1 Å². The Labute approximate surface area is 128 Å². The molecule has 0 saturated carbocycles. The van der Waals surface area contributed by atoms with E-state index in [2.05, 4.69) is 21.2 Å². The van der Waals surface area contributed by atoms with E-state index in [0.717, 1.165) is 10.0 Å². The van der Waals surface area contributed by atoms with Crippen LogP contribution in [0.25, 0.3) is 0 Å². The normalized spacial score (nSPS) is 11.2. The Morgan fingerprint density at radius 1 is 1.42 bits per heavy atom. The molecule has 0 fully saturated rings. The van der Waals surface area contributed by atoms with Gasteiger partial charge in [-0.15, -0.1) is 0 Å². The number of aryl methyl sites for hydroxylation is 1. The fraction of sp³-hybridized carbons (Fsp3) is 0.429. The van der Waals surface area contributed by atoms with E-state index in [9.17, 15) is 4.79 Å². The van der Waals surface area contributed by atoms with Gasteiger partial charge in [-0.05, 0) is 37.5 Å². The Hall–Kier alpha value is -0.940. The Balaban J connectivity index is 3.00. The fourth-order valence-electron chi connectivity index (χ4n) is 1.86. The van der Waals surface area contributed by atoms with Gasteiger partial charge in [0.15, 0.2) is 0 Å². The summed E-state index contributed by atoms with van der Waals surface area (Å²) in [4.78, 5) is 12.6. The molecule has 0 aromatic heterocycles. The van der Waals surface area contributed by atoms with E-state index < -0.39 is 5.54 Å². The number of benzene rings is 1. The maximum atomic E-state index is 12.3. The smallest absolute Gasteiger partial charge is 0.252 e. The van der Waals surface area contributed by atoms with Crippen LogP contribution in [-0.2, 0) is 0 Å². The maximum absolute atomic E-state index is 12.3. The van der Waals surface area contributed by atoms with Crippen molar-refractivity contribution in [2.24, 2.45) is 5.73 Å². The van der Waals surface area contributed by atoms with E-state index in [0.29, 0.717) is 23.4 Å². The number of hydrogen-bond donors (Lipinski definition) is 2. The molecule has 1 amide bonds. The molecule has 104 valence electrons. The van der Waals surface area contributed by atoms with Crippen LogP contribution in [0.1, 0.15) is 42.6 Å². The molecule has 1 rings (SSSR count). The van der Waals surface area contributed by atoms with Crippen LogP contribution < -0.4 is 11.1 Å². The van der Waals surface area contributed by atoms with Gasteiger partial charge in [0.1, 0.15) is 0 Å². The number of hydrogen-bond acceptors (Lipinski definition) is 2. The van der Waals surface area contributed by atoms with Crippen molar-refractivity contribution in [2.45, 2.75) is 39.2 Å². The predicted octanol–water partition coefficient (Wildman–Crippen LogP) is 3.33. The molecule has 0 atom stereocenters. The second kappa shape index (κ2) is 6.48. The number of rotatable bonds is 5. The highest BCUT2D eigenvalue weighted by atomic mass is 79.9. The summed E-state index contributed by atoms with van der Waals surface area (Å²) in [6.07, 6.45) is 1.36. The van der Waals surface area contributed by atoms with Gasteiger partial charge in [0, 0.05) is 10.0 Å². The number of carbonyl (C=O) groups is 1. The molecule has 0 saturated heterocycles. The molecule has 0 aliphatic carbocycles. The van der Waals surface area contributed by atoms with Gasteiger partial charge in [-0.2, -0.15) is 0 Å². The van der Waals surface area contributed by atoms with Gasteiger partial charge in [-0.3, -0.25) is 4.79 Å². The molecule has 19 heavy (non-hydrogen) atoms. The minimum Gasteiger partial charge on any atom is -0.391 e. The first-order chi connectivity index (χ1) is 8.86. The molecule has 0 spiro atoms. The molecule has 0 unspecified atom stereocenters. The number of nitrogens with two attached hydrogens (primary N) is 1. The van der Waals surface area contributed by atoms with Gasteiger partial charge in [0.2, 0.25) is 0 Å².